The molecule has 0 saturated carbocycles. The van der Waals surface area contributed by atoms with Crippen molar-refractivity contribution in [3.05, 3.63) is 59.4 Å². The molecule has 0 radical (unpaired) electrons. The minimum Gasteiger partial charge on any atom is -0.326 e. The molecular formula is C17H14ClFN2O2. The largest absolute Gasteiger partial charge is 0.326 e. The van der Waals surface area contributed by atoms with E-state index in [9.17, 15) is 14.0 Å². The summed E-state index contributed by atoms with van der Waals surface area (Å²) in [6.07, 6.45) is 0.0563. The highest BCUT2D eigenvalue weighted by Gasteiger charge is 2.36. The van der Waals surface area contributed by atoms with E-state index < -0.39 is 11.7 Å². The molecule has 0 bridgehead atoms. The zero-order valence-corrected chi connectivity index (χ0v) is 12.9. The van der Waals surface area contributed by atoms with Crippen molar-refractivity contribution in [2.75, 3.05) is 16.8 Å². The molecule has 0 aromatic heterocycles. The van der Waals surface area contributed by atoms with Gasteiger partial charge in [-0.3, -0.25) is 9.59 Å². The molecular weight excluding hydrogens is 319 g/mol. The number of halogens is 2. The first-order chi connectivity index (χ1) is 11.0. The fourth-order valence-electron chi connectivity index (χ4n) is 2.60. The summed E-state index contributed by atoms with van der Waals surface area (Å²) >= 11 is 5.88. The SMILES string of the molecule is O=C(Nc1cccc(Cl)c1)[C@@H]1CC(=O)N(c2ccccc2F)C1. The third kappa shape index (κ3) is 3.35. The number of hydrogen-bond acceptors (Lipinski definition) is 2. The Morgan fingerprint density at radius 2 is 2.00 bits per heavy atom. The fourth-order valence-corrected chi connectivity index (χ4v) is 2.79. The van der Waals surface area contributed by atoms with Crippen LogP contribution in [0, 0.1) is 11.7 Å². The van der Waals surface area contributed by atoms with Gasteiger partial charge in [0, 0.05) is 23.7 Å². The highest BCUT2D eigenvalue weighted by Crippen LogP contribution is 2.28. The van der Waals surface area contributed by atoms with Crippen molar-refractivity contribution in [3.63, 3.8) is 0 Å². The van der Waals surface area contributed by atoms with E-state index in [2.05, 4.69) is 5.32 Å². The summed E-state index contributed by atoms with van der Waals surface area (Å²) in [5.41, 5.74) is 0.773. The third-order valence-electron chi connectivity index (χ3n) is 3.73. The second kappa shape index (κ2) is 6.38. The zero-order chi connectivity index (χ0) is 16.4. The molecule has 1 saturated heterocycles. The number of carbonyl (C=O) groups excluding carboxylic acids is 2. The topological polar surface area (TPSA) is 49.4 Å². The van der Waals surface area contributed by atoms with Crippen LogP contribution in [-0.2, 0) is 9.59 Å². The molecule has 2 amide bonds. The monoisotopic (exact) mass is 332 g/mol. The van der Waals surface area contributed by atoms with Gasteiger partial charge < -0.3 is 10.2 Å². The predicted octanol–water partition coefficient (Wildman–Crippen LogP) is 3.47. The number of amides is 2. The Morgan fingerprint density at radius 1 is 1.22 bits per heavy atom. The Balaban J connectivity index is 1.72. The van der Waals surface area contributed by atoms with Crippen LogP contribution in [0.1, 0.15) is 6.42 Å². The van der Waals surface area contributed by atoms with Gasteiger partial charge in [0.1, 0.15) is 5.82 Å². The van der Waals surface area contributed by atoms with E-state index in [-0.39, 0.29) is 30.5 Å². The molecule has 0 unspecified atom stereocenters. The lowest BCUT2D eigenvalue weighted by molar-refractivity contribution is -0.122. The van der Waals surface area contributed by atoms with E-state index in [1.807, 2.05) is 0 Å². The third-order valence-corrected chi connectivity index (χ3v) is 3.97. The zero-order valence-electron chi connectivity index (χ0n) is 12.1. The van der Waals surface area contributed by atoms with Crippen molar-refractivity contribution in [3.8, 4) is 0 Å². The van der Waals surface area contributed by atoms with E-state index >= 15 is 0 Å². The van der Waals surface area contributed by atoms with E-state index in [1.165, 1.54) is 17.0 Å². The molecule has 2 aromatic rings. The molecule has 1 fully saturated rings. The molecule has 1 aliphatic heterocycles. The smallest absolute Gasteiger partial charge is 0.229 e. The molecule has 1 N–H and O–H groups in total. The van der Waals surface area contributed by atoms with Crippen molar-refractivity contribution in [1.29, 1.82) is 0 Å². The van der Waals surface area contributed by atoms with Crippen LogP contribution >= 0.6 is 11.6 Å². The molecule has 0 spiro atoms. The molecule has 0 aliphatic carbocycles. The number of nitrogens with one attached hydrogen (secondary N) is 1. The number of para-hydroxylation sites is 1. The number of carbonyl (C=O) groups is 2. The Morgan fingerprint density at radius 3 is 2.74 bits per heavy atom. The molecule has 1 aliphatic rings. The molecule has 1 heterocycles. The van der Waals surface area contributed by atoms with Gasteiger partial charge in [0.15, 0.2) is 0 Å². The first kappa shape index (κ1) is 15.5. The van der Waals surface area contributed by atoms with Crippen LogP contribution in [0.25, 0.3) is 0 Å². The van der Waals surface area contributed by atoms with E-state index in [1.54, 1.807) is 36.4 Å². The number of anilines is 2. The van der Waals surface area contributed by atoms with Gasteiger partial charge in [0.05, 0.1) is 11.6 Å². The van der Waals surface area contributed by atoms with Crippen molar-refractivity contribution < 1.29 is 14.0 Å². The molecule has 23 heavy (non-hydrogen) atoms. The highest BCUT2D eigenvalue weighted by atomic mass is 35.5. The van der Waals surface area contributed by atoms with E-state index in [0.717, 1.165) is 0 Å². The standard InChI is InChI=1S/C17H14ClFN2O2/c18-12-4-3-5-13(9-12)20-17(23)11-8-16(22)21(10-11)15-7-2-1-6-14(15)19/h1-7,9,11H,8,10H2,(H,20,23)/t11-/m1/s1. The quantitative estimate of drug-likeness (QED) is 0.935. The van der Waals surface area contributed by atoms with Gasteiger partial charge >= 0.3 is 0 Å². The lowest BCUT2D eigenvalue weighted by Crippen LogP contribution is -2.28. The number of nitrogens with zero attached hydrogens (tertiary/aromatic N) is 1. The second-order valence-corrected chi connectivity index (χ2v) is 5.79. The normalized spacial score (nSPS) is 17.4. The summed E-state index contributed by atoms with van der Waals surface area (Å²) in [5, 5.41) is 3.25. The Labute approximate surface area is 137 Å². The minimum absolute atomic E-state index is 0.0563. The summed E-state index contributed by atoms with van der Waals surface area (Å²) in [5.74, 6) is -1.54. The summed E-state index contributed by atoms with van der Waals surface area (Å²) < 4.78 is 13.8. The average Bonchev–Trinajstić information content (AvgIpc) is 2.90. The van der Waals surface area contributed by atoms with Gasteiger partial charge in [-0.25, -0.2) is 4.39 Å². The van der Waals surface area contributed by atoms with Crippen LogP contribution in [0.4, 0.5) is 15.8 Å². The molecule has 4 nitrogen and oxygen atoms in total. The van der Waals surface area contributed by atoms with E-state index in [4.69, 9.17) is 11.6 Å². The maximum atomic E-state index is 13.8. The van der Waals surface area contributed by atoms with Crippen molar-refractivity contribution in [2.45, 2.75) is 6.42 Å². The van der Waals surface area contributed by atoms with Gasteiger partial charge in [-0.05, 0) is 30.3 Å². The Bertz CT molecular complexity index is 766. The van der Waals surface area contributed by atoms with Crippen LogP contribution in [-0.4, -0.2) is 18.4 Å². The van der Waals surface area contributed by atoms with Crippen molar-refractivity contribution in [2.24, 2.45) is 5.92 Å². The summed E-state index contributed by atoms with van der Waals surface area (Å²) in [7, 11) is 0. The van der Waals surface area contributed by atoms with Gasteiger partial charge in [0.25, 0.3) is 0 Å². The summed E-state index contributed by atoms with van der Waals surface area (Å²) in [6, 6.07) is 12.8. The van der Waals surface area contributed by atoms with Crippen LogP contribution in [0.2, 0.25) is 5.02 Å². The number of benzene rings is 2. The summed E-state index contributed by atoms with van der Waals surface area (Å²) in [4.78, 5) is 25.7. The van der Waals surface area contributed by atoms with E-state index in [0.29, 0.717) is 10.7 Å². The molecule has 3 rings (SSSR count). The van der Waals surface area contributed by atoms with Crippen molar-refractivity contribution >= 4 is 34.8 Å². The first-order valence-corrected chi connectivity index (χ1v) is 7.54. The first-order valence-electron chi connectivity index (χ1n) is 7.16. The molecule has 6 heteroatoms. The maximum Gasteiger partial charge on any atom is 0.229 e. The summed E-state index contributed by atoms with van der Waals surface area (Å²) in [6.45, 7) is 0.159. The Kier molecular flexibility index (Phi) is 4.30. The average molecular weight is 333 g/mol. The number of rotatable bonds is 3. The lowest BCUT2D eigenvalue weighted by Gasteiger charge is -2.17. The van der Waals surface area contributed by atoms with Crippen molar-refractivity contribution in [1.82, 2.24) is 0 Å². The molecule has 2 aromatic carbocycles. The Hall–Kier alpha value is -2.40. The van der Waals surface area contributed by atoms with Crippen LogP contribution in [0.15, 0.2) is 48.5 Å². The molecule has 118 valence electrons. The lowest BCUT2D eigenvalue weighted by atomic mass is 10.1. The predicted molar refractivity (Wildman–Crippen MR) is 86.9 cm³/mol. The van der Waals surface area contributed by atoms with Gasteiger partial charge in [0.2, 0.25) is 11.8 Å². The van der Waals surface area contributed by atoms with Gasteiger partial charge in [-0.1, -0.05) is 29.8 Å². The van der Waals surface area contributed by atoms with Gasteiger partial charge in [-0.15, -0.1) is 0 Å². The van der Waals surface area contributed by atoms with Crippen LogP contribution in [0.5, 0.6) is 0 Å². The second-order valence-electron chi connectivity index (χ2n) is 5.36. The molecule has 1 atom stereocenters. The number of hydrogen-bond donors (Lipinski definition) is 1. The van der Waals surface area contributed by atoms with Crippen LogP contribution in [0.3, 0.4) is 0 Å². The maximum absolute atomic E-state index is 13.8. The van der Waals surface area contributed by atoms with Gasteiger partial charge in [-0.2, -0.15) is 0 Å². The minimum atomic E-state index is -0.527. The highest BCUT2D eigenvalue weighted by molar-refractivity contribution is 6.30. The van der Waals surface area contributed by atoms with Crippen LogP contribution < -0.4 is 10.2 Å². The fraction of sp³-hybridized carbons (Fsp3) is 0.176.